The maximum absolute atomic E-state index is 13.1. The summed E-state index contributed by atoms with van der Waals surface area (Å²) in [5.41, 5.74) is 5.54. The third-order valence-corrected chi connectivity index (χ3v) is 2.77. The van der Waals surface area contributed by atoms with E-state index in [-0.39, 0.29) is 29.6 Å². The monoisotopic (exact) mass is 317 g/mol. The van der Waals surface area contributed by atoms with Crippen LogP contribution in [0.4, 0.5) is 10.1 Å². The average molecular weight is 318 g/mol. The van der Waals surface area contributed by atoms with Gasteiger partial charge in [0.2, 0.25) is 5.91 Å². The molecule has 98 valence electrons. The summed E-state index contributed by atoms with van der Waals surface area (Å²) in [7, 11) is 0. The van der Waals surface area contributed by atoms with Gasteiger partial charge in [0, 0.05) is 24.5 Å². The molecule has 0 bridgehead atoms. The maximum Gasteiger partial charge on any atom is 0.252 e. The number of nitrogens with two attached hydrogens (primary N) is 1. The van der Waals surface area contributed by atoms with Gasteiger partial charge in [-0.25, -0.2) is 4.39 Å². The summed E-state index contributed by atoms with van der Waals surface area (Å²) in [5, 5.41) is 5.12. The Kier molecular flexibility index (Phi) is 5.08. The largest absolute Gasteiger partial charge is 0.396 e. The molecule has 0 aromatic heterocycles. The van der Waals surface area contributed by atoms with E-state index < -0.39 is 5.82 Å². The highest BCUT2D eigenvalue weighted by Gasteiger charge is 2.12. The lowest BCUT2D eigenvalue weighted by molar-refractivity contribution is -0.118. The minimum absolute atomic E-state index is 0.0924. The SMILES string of the molecule is CC(=O)NCCNC(=O)c1cc(N)c(F)cc1Br. The van der Waals surface area contributed by atoms with Gasteiger partial charge < -0.3 is 16.4 Å². The fourth-order valence-corrected chi connectivity index (χ4v) is 1.75. The lowest BCUT2D eigenvalue weighted by Gasteiger charge is -2.08. The first-order valence-corrected chi connectivity index (χ1v) is 5.98. The Balaban J connectivity index is 2.62. The Hall–Kier alpha value is -1.63. The van der Waals surface area contributed by atoms with E-state index in [1.165, 1.54) is 13.0 Å². The molecule has 0 aliphatic rings. The predicted octanol–water partition coefficient (Wildman–Crippen LogP) is 1.04. The first-order valence-electron chi connectivity index (χ1n) is 5.19. The van der Waals surface area contributed by atoms with Crippen molar-refractivity contribution in [3.63, 3.8) is 0 Å². The second-order valence-corrected chi connectivity index (χ2v) is 4.45. The number of amides is 2. The molecule has 1 rings (SSSR count). The van der Waals surface area contributed by atoms with Gasteiger partial charge in [0.05, 0.1) is 11.3 Å². The fourth-order valence-electron chi connectivity index (χ4n) is 1.25. The lowest BCUT2D eigenvalue weighted by Crippen LogP contribution is -2.33. The van der Waals surface area contributed by atoms with Crippen molar-refractivity contribution in [2.24, 2.45) is 0 Å². The molecule has 18 heavy (non-hydrogen) atoms. The highest BCUT2D eigenvalue weighted by molar-refractivity contribution is 9.10. The molecular weight excluding hydrogens is 305 g/mol. The molecule has 2 amide bonds. The van der Waals surface area contributed by atoms with Crippen molar-refractivity contribution in [1.82, 2.24) is 10.6 Å². The zero-order valence-electron chi connectivity index (χ0n) is 9.72. The number of benzene rings is 1. The van der Waals surface area contributed by atoms with E-state index >= 15 is 0 Å². The third kappa shape index (κ3) is 3.99. The van der Waals surface area contributed by atoms with E-state index in [0.717, 1.165) is 6.07 Å². The van der Waals surface area contributed by atoms with Gasteiger partial charge in [-0.15, -0.1) is 0 Å². The van der Waals surface area contributed by atoms with Crippen molar-refractivity contribution in [1.29, 1.82) is 0 Å². The lowest BCUT2D eigenvalue weighted by atomic mass is 10.2. The molecule has 5 nitrogen and oxygen atoms in total. The Bertz CT molecular complexity index is 480. The van der Waals surface area contributed by atoms with Gasteiger partial charge in [-0.1, -0.05) is 0 Å². The second kappa shape index (κ2) is 6.34. The zero-order chi connectivity index (χ0) is 13.7. The topological polar surface area (TPSA) is 84.2 Å². The minimum Gasteiger partial charge on any atom is -0.396 e. The van der Waals surface area contributed by atoms with E-state index in [1.54, 1.807) is 0 Å². The molecule has 7 heteroatoms. The fraction of sp³-hybridized carbons (Fsp3) is 0.273. The van der Waals surface area contributed by atoms with Gasteiger partial charge in [0.25, 0.3) is 5.91 Å². The quantitative estimate of drug-likeness (QED) is 0.573. The molecule has 0 aliphatic carbocycles. The number of nitrogen functional groups attached to an aromatic ring is 1. The van der Waals surface area contributed by atoms with E-state index in [0.29, 0.717) is 11.0 Å². The Labute approximate surface area is 112 Å². The number of carbonyl (C=O) groups is 2. The van der Waals surface area contributed by atoms with Crippen molar-refractivity contribution in [2.75, 3.05) is 18.8 Å². The predicted molar refractivity (Wildman–Crippen MR) is 69.5 cm³/mol. The molecule has 1 aromatic rings. The van der Waals surface area contributed by atoms with Crippen LogP contribution in [0.1, 0.15) is 17.3 Å². The molecule has 4 N–H and O–H groups in total. The highest BCUT2D eigenvalue weighted by Crippen LogP contribution is 2.22. The van der Waals surface area contributed by atoms with Crippen LogP contribution in [-0.2, 0) is 4.79 Å². The number of hydrogen-bond donors (Lipinski definition) is 3. The summed E-state index contributed by atoms with van der Waals surface area (Å²) in [6, 6.07) is 2.39. The summed E-state index contributed by atoms with van der Waals surface area (Å²) in [6.45, 7) is 2.00. The molecule has 0 fully saturated rings. The first kappa shape index (κ1) is 14.4. The first-order chi connectivity index (χ1) is 8.41. The van der Waals surface area contributed by atoms with Gasteiger partial charge in [0.1, 0.15) is 5.82 Å². The molecular formula is C11H13BrFN3O2. The van der Waals surface area contributed by atoms with E-state index in [2.05, 4.69) is 26.6 Å². The third-order valence-electron chi connectivity index (χ3n) is 2.12. The van der Waals surface area contributed by atoms with Crippen molar-refractivity contribution in [3.05, 3.63) is 28.0 Å². The number of halogens is 2. The van der Waals surface area contributed by atoms with Gasteiger partial charge in [-0.2, -0.15) is 0 Å². The van der Waals surface area contributed by atoms with E-state index in [9.17, 15) is 14.0 Å². The van der Waals surface area contributed by atoms with Gasteiger partial charge in [0.15, 0.2) is 0 Å². The minimum atomic E-state index is -0.586. The van der Waals surface area contributed by atoms with E-state index in [1.807, 2.05) is 0 Å². The molecule has 0 atom stereocenters. The van der Waals surface area contributed by atoms with Crippen molar-refractivity contribution < 1.29 is 14.0 Å². The number of rotatable bonds is 4. The van der Waals surface area contributed by atoms with Gasteiger partial charge >= 0.3 is 0 Å². The number of carbonyl (C=O) groups excluding carboxylic acids is 2. The Morgan fingerprint density at radius 1 is 1.33 bits per heavy atom. The summed E-state index contributed by atoms with van der Waals surface area (Å²) in [6.07, 6.45) is 0. The van der Waals surface area contributed by atoms with E-state index in [4.69, 9.17) is 5.73 Å². The van der Waals surface area contributed by atoms with Crippen LogP contribution in [0.25, 0.3) is 0 Å². The van der Waals surface area contributed by atoms with Crippen LogP contribution in [0.5, 0.6) is 0 Å². The highest BCUT2D eigenvalue weighted by atomic mass is 79.9. The van der Waals surface area contributed by atoms with Gasteiger partial charge in [-0.3, -0.25) is 9.59 Å². The van der Waals surface area contributed by atoms with Crippen LogP contribution in [0.3, 0.4) is 0 Å². The van der Waals surface area contributed by atoms with Crippen LogP contribution < -0.4 is 16.4 Å². The molecule has 0 heterocycles. The standard InChI is InChI=1S/C11H13BrFN3O2/c1-6(17)15-2-3-16-11(18)7-4-10(14)9(13)5-8(7)12/h4-5H,2-3,14H2,1H3,(H,15,17)(H,16,18). The summed E-state index contributed by atoms with van der Waals surface area (Å²) in [4.78, 5) is 22.3. The second-order valence-electron chi connectivity index (χ2n) is 3.59. The van der Waals surface area contributed by atoms with Crippen molar-refractivity contribution in [3.8, 4) is 0 Å². The molecule has 0 unspecified atom stereocenters. The van der Waals surface area contributed by atoms with Crippen LogP contribution in [0.2, 0.25) is 0 Å². The molecule has 1 aromatic carbocycles. The molecule has 0 aliphatic heterocycles. The average Bonchev–Trinajstić information content (AvgIpc) is 2.28. The zero-order valence-corrected chi connectivity index (χ0v) is 11.3. The number of hydrogen-bond acceptors (Lipinski definition) is 3. The molecule has 0 radical (unpaired) electrons. The smallest absolute Gasteiger partial charge is 0.252 e. The van der Waals surface area contributed by atoms with Crippen LogP contribution >= 0.6 is 15.9 Å². The van der Waals surface area contributed by atoms with Gasteiger partial charge in [-0.05, 0) is 28.1 Å². The molecule has 0 saturated heterocycles. The van der Waals surface area contributed by atoms with Crippen LogP contribution in [0, 0.1) is 5.82 Å². The maximum atomic E-state index is 13.1. The number of nitrogens with one attached hydrogen (secondary N) is 2. The van der Waals surface area contributed by atoms with Crippen molar-refractivity contribution >= 4 is 33.4 Å². The van der Waals surface area contributed by atoms with Crippen LogP contribution in [-0.4, -0.2) is 24.9 Å². The van der Waals surface area contributed by atoms with Crippen molar-refractivity contribution in [2.45, 2.75) is 6.92 Å². The molecule has 0 saturated carbocycles. The number of anilines is 1. The Morgan fingerprint density at radius 3 is 2.56 bits per heavy atom. The summed E-state index contributed by atoms with van der Waals surface area (Å²) >= 11 is 3.09. The normalized spacial score (nSPS) is 9.94. The Morgan fingerprint density at radius 2 is 1.94 bits per heavy atom. The molecule has 0 spiro atoms. The summed E-state index contributed by atoms with van der Waals surface area (Å²) < 4.78 is 13.4. The summed E-state index contributed by atoms with van der Waals surface area (Å²) in [5.74, 6) is -1.15. The van der Waals surface area contributed by atoms with Crippen LogP contribution in [0.15, 0.2) is 16.6 Å².